The Morgan fingerprint density at radius 1 is 1.39 bits per heavy atom. The molecule has 106 valence electrons. The number of amides is 1. The zero-order valence-corrected chi connectivity index (χ0v) is 13.5. The van der Waals surface area contributed by atoms with Gasteiger partial charge in [0.1, 0.15) is 5.60 Å². The highest BCUT2D eigenvalue weighted by molar-refractivity contribution is 9.09. The maximum Gasteiger partial charge on any atom is 0.410 e. The summed E-state index contributed by atoms with van der Waals surface area (Å²) >= 11 is 3.46. The molecule has 0 aliphatic carbocycles. The van der Waals surface area contributed by atoms with Gasteiger partial charge >= 0.3 is 6.09 Å². The molecular weight excluding hydrogens is 294 g/mol. The van der Waals surface area contributed by atoms with Gasteiger partial charge in [-0.3, -0.25) is 0 Å². The Balaban J connectivity index is 2.36. The molecule has 1 atom stereocenters. The Bertz CT molecular complexity index is 263. The van der Waals surface area contributed by atoms with Gasteiger partial charge in [0.15, 0.2) is 0 Å². The lowest BCUT2D eigenvalue weighted by Crippen LogP contribution is -2.42. The number of carbonyl (C=O) groups excluding carboxylic acids is 1. The second kappa shape index (κ2) is 7.37. The van der Waals surface area contributed by atoms with Gasteiger partial charge in [-0.1, -0.05) is 22.4 Å². The zero-order chi connectivity index (χ0) is 13.6. The van der Waals surface area contributed by atoms with Crippen LogP contribution in [-0.4, -0.2) is 35.0 Å². The van der Waals surface area contributed by atoms with E-state index in [0.717, 1.165) is 24.8 Å². The normalized spacial score (nSPS) is 20.9. The lowest BCUT2D eigenvalue weighted by Gasteiger charge is -2.34. The fourth-order valence-corrected chi connectivity index (χ4v) is 2.72. The van der Waals surface area contributed by atoms with Crippen molar-refractivity contribution in [1.29, 1.82) is 0 Å². The van der Waals surface area contributed by atoms with Crippen LogP contribution in [0.25, 0.3) is 0 Å². The minimum atomic E-state index is -0.389. The summed E-state index contributed by atoms with van der Waals surface area (Å²) in [7, 11) is 0. The van der Waals surface area contributed by atoms with Crippen molar-refractivity contribution in [3.63, 3.8) is 0 Å². The molecule has 1 rings (SSSR count). The molecule has 0 saturated carbocycles. The van der Waals surface area contributed by atoms with Crippen LogP contribution in [0.1, 0.15) is 52.9 Å². The molecule has 1 saturated heterocycles. The van der Waals surface area contributed by atoms with Crippen LogP contribution < -0.4 is 0 Å². The van der Waals surface area contributed by atoms with E-state index in [4.69, 9.17) is 4.74 Å². The zero-order valence-electron chi connectivity index (χ0n) is 11.9. The molecule has 0 aromatic carbocycles. The van der Waals surface area contributed by atoms with Crippen molar-refractivity contribution in [3.05, 3.63) is 0 Å². The second-order valence-electron chi connectivity index (χ2n) is 6.12. The number of rotatable bonds is 4. The van der Waals surface area contributed by atoms with E-state index in [1.165, 1.54) is 25.7 Å². The molecule has 1 heterocycles. The van der Waals surface area contributed by atoms with Crippen LogP contribution in [0.4, 0.5) is 4.79 Å². The number of carbonyl (C=O) groups is 1. The number of halogens is 1. The number of unbranched alkanes of at least 4 members (excludes halogenated alkanes) is 1. The van der Waals surface area contributed by atoms with Gasteiger partial charge in [-0.25, -0.2) is 4.79 Å². The summed E-state index contributed by atoms with van der Waals surface area (Å²) in [6, 6.07) is 0. The van der Waals surface area contributed by atoms with Crippen molar-refractivity contribution in [2.75, 3.05) is 18.4 Å². The summed E-state index contributed by atoms with van der Waals surface area (Å²) in [6.07, 6.45) is 5.92. The van der Waals surface area contributed by atoms with Gasteiger partial charge in [-0.2, -0.15) is 0 Å². The summed E-state index contributed by atoms with van der Waals surface area (Å²) in [5, 5.41) is 1.08. The van der Waals surface area contributed by atoms with Crippen molar-refractivity contribution in [2.45, 2.75) is 58.5 Å². The topological polar surface area (TPSA) is 29.5 Å². The Morgan fingerprint density at radius 2 is 2.11 bits per heavy atom. The van der Waals surface area contributed by atoms with Crippen molar-refractivity contribution in [2.24, 2.45) is 5.92 Å². The highest BCUT2D eigenvalue weighted by atomic mass is 79.9. The third-order valence-corrected chi connectivity index (χ3v) is 3.73. The lowest BCUT2D eigenvalue weighted by atomic mass is 9.93. The van der Waals surface area contributed by atoms with E-state index in [0.29, 0.717) is 5.92 Å². The van der Waals surface area contributed by atoms with E-state index in [2.05, 4.69) is 15.9 Å². The average Bonchev–Trinajstić information content (AvgIpc) is 2.27. The molecular formula is C14H26BrNO2. The maximum atomic E-state index is 12.0. The molecule has 0 bridgehead atoms. The predicted molar refractivity (Wildman–Crippen MR) is 78.2 cm³/mol. The van der Waals surface area contributed by atoms with Crippen molar-refractivity contribution in [3.8, 4) is 0 Å². The number of alkyl halides is 1. The number of hydrogen-bond donors (Lipinski definition) is 0. The van der Waals surface area contributed by atoms with E-state index >= 15 is 0 Å². The third kappa shape index (κ3) is 6.07. The fraction of sp³-hybridized carbons (Fsp3) is 0.929. The van der Waals surface area contributed by atoms with Gasteiger partial charge in [0.25, 0.3) is 0 Å². The first-order valence-corrected chi connectivity index (χ1v) is 8.08. The molecule has 4 heteroatoms. The molecule has 0 spiro atoms. The molecule has 0 N–H and O–H groups in total. The monoisotopic (exact) mass is 319 g/mol. The van der Waals surface area contributed by atoms with Gasteiger partial charge < -0.3 is 9.64 Å². The van der Waals surface area contributed by atoms with E-state index in [9.17, 15) is 4.79 Å². The molecule has 0 aromatic heterocycles. The molecule has 0 aromatic rings. The van der Waals surface area contributed by atoms with Crippen LogP contribution in [0.3, 0.4) is 0 Å². The minimum Gasteiger partial charge on any atom is -0.444 e. The summed E-state index contributed by atoms with van der Waals surface area (Å²) in [6.45, 7) is 7.48. The quantitative estimate of drug-likeness (QED) is 0.574. The first-order valence-electron chi connectivity index (χ1n) is 6.96. The fourth-order valence-electron chi connectivity index (χ4n) is 2.32. The van der Waals surface area contributed by atoms with Gasteiger partial charge in [-0.15, -0.1) is 0 Å². The van der Waals surface area contributed by atoms with Gasteiger partial charge in [0.05, 0.1) is 0 Å². The minimum absolute atomic E-state index is 0.146. The van der Waals surface area contributed by atoms with Crippen LogP contribution in [0.15, 0.2) is 0 Å². The predicted octanol–water partition coefficient (Wildman–Crippen LogP) is 4.20. The van der Waals surface area contributed by atoms with Crippen LogP contribution in [0.5, 0.6) is 0 Å². The molecule has 1 fully saturated rings. The Morgan fingerprint density at radius 3 is 2.72 bits per heavy atom. The standard InChI is InChI=1S/C14H26BrNO2/c1-14(2,3)18-13(17)16-10-6-8-12(11-16)7-4-5-9-15/h12H,4-11H2,1-3H3. The first-order chi connectivity index (χ1) is 8.42. The van der Waals surface area contributed by atoms with Crippen LogP contribution in [-0.2, 0) is 4.74 Å². The number of ether oxygens (including phenoxy) is 1. The number of nitrogens with zero attached hydrogens (tertiary/aromatic N) is 1. The largest absolute Gasteiger partial charge is 0.444 e. The van der Waals surface area contributed by atoms with E-state index in [1.54, 1.807) is 0 Å². The number of piperidine rings is 1. The smallest absolute Gasteiger partial charge is 0.410 e. The average molecular weight is 320 g/mol. The van der Waals surface area contributed by atoms with Crippen molar-refractivity contribution >= 4 is 22.0 Å². The van der Waals surface area contributed by atoms with Gasteiger partial charge in [0, 0.05) is 18.4 Å². The Kier molecular flexibility index (Phi) is 6.47. The van der Waals surface area contributed by atoms with E-state index in [-0.39, 0.29) is 11.7 Å². The molecule has 1 unspecified atom stereocenters. The molecule has 1 amide bonds. The Labute approximate surface area is 119 Å². The van der Waals surface area contributed by atoms with Crippen molar-refractivity contribution < 1.29 is 9.53 Å². The summed E-state index contributed by atoms with van der Waals surface area (Å²) in [4.78, 5) is 13.9. The van der Waals surface area contributed by atoms with Crippen molar-refractivity contribution in [1.82, 2.24) is 4.90 Å². The maximum absolute atomic E-state index is 12.0. The highest BCUT2D eigenvalue weighted by Crippen LogP contribution is 2.23. The lowest BCUT2D eigenvalue weighted by molar-refractivity contribution is 0.0161. The van der Waals surface area contributed by atoms with E-state index < -0.39 is 0 Å². The van der Waals surface area contributed by atoms with Gasteiger partial charge in [0.2, 0.25) is 0 Å². The van der Waals surface area contributed by atoms with Crippen LogP contribution >= 0.6 is 15.9 Å². The third-order valence-electron chi connectivity index (χ3n) is 3.17. The number of hydrogen-bond acceptors (Lipinski definition) is 2. The molecule has 3 nitrogen and oxygen atoms in total. The second-order valence-corrected chi connectivity index (χ2v) is 6.91. The van der Waals surface area contributed by atoms with Crippen LogP contribution in [0.2, 0.25) is 0 Å². The molecule has 0 radical (unpaired) electrons. The summed E-state index contributed by atoms with van der Waals surface area (Å²) < 4.78 is 5.43. The molecule has 1 aliphatic rings. The SMILES string of the molecule is CC(C)(C)OC(=O)N1CCCC(CCCCBr)C1. The first kappa shape index (κ1) is 15.8. The van der Waals surface area contributed by atoms with E-state index in [1.807, 2.05) is 25.7 Å². The summed E-state index contributed by atoms with van der Waals surface area (Å²) in [5.74, 6) is 0.658. The molecule has 1 aliphatic heterocycles. The van der Waals surface area contributed by atoms with Crippen LogP contribution in [0, 0.1) is 5.92 Å². The molecule has 18 heavy (non-hydrogen) atoms. The number of likely N-dealkylation sites (tertiary alicyclic amines) is 1. The summed E-state index contributed by atoms with van der Waals surface area (Å²) in [5.41, 5.74) is -0.389. The Hall–Kier alpha value is -0.250. The highest BCUT2D eigenvalue weighted by Gasteiger charge is 2.27. The van der Waals surface area contributed by atoms with Gasteiger partial charge in [-0.05, 0) is 52.4 Å².